The average Bonchev–Trinajstić information content (AvgIpc) is 3.52. The maximum atomic E-state index is 15.0. The lowest BCUT2D eigenvalue weighted by Crippen LogP contribution is -2.31. The van der Waals surface area contributed by atoms with Gasteiger partial charge in [-0.1, -0.05) is 0 Å². The molecule has 0 bridgehead atoms. The number of halogens is 1. The van der Waals surface area contributed by atoms with Crippen LogP contribution in [-0.2, 0) is 11.2 Å². The van der Waals surface area contributed by atoms with Crippen molar-refractivity contribution < 1.29 is 18.7 Å². The summed E-state index contributed by atoms with van der Waals surface area (Å²) in [6, 6.07) is 12.7. The molecule has 1 saturated carbocycles. The largest absolute Gasteiger partial charge is 0.488 e. The van der Waals surface area contributed by atoms with Gasteiger partial charge in [0, 0.05) is 42.5 Å². The number of fused-ring (bicyclic) bond motifs is 1. The molecule has 1 aromatic heterocycles. The summed E-state index contributed by atoms with van der Waals surface area (Å²) in [6.45, 7) is 5.08. The third-order valence-electron chi connectivity index (χ3n) is 7.20. The molecule has 1 saturated heterocycles. The molecule has 8 nitrogen and oxygen atoms in total. The molecule has 3 aliphatic rings. The van der Waals surface area contributed by atoms with Crippen LogP contribution >= 0.6 is 0 Å². The zero-order chi connectivity index (χ0) is 26.6. The van der Waals surface area contributed by atoms with E-state index in [9.17, 15) is 14.0 Å². The number of nitrogens with zero attached hydrogens (tertiary/aromatic N) is 4. The number of allylic oxidation sites excluding steroid dienone is 1. The molecule has 1 aliphatic carbocycles. The molecule has 2 fully saturated rings. The minimum Gasteiger partial charge on any atom is -0.488 e. The SMILES string of the molecule is CC(C)Oc1ccc(-n2nc(C(N)=O)c3c2C(=C2CC2)N(c2ccc(N4CCCC4=O)cc2)CC3)cc1F. The molecule has 2 aliphatic heterocycles. The number of benzene rings is 2. The minimum absolute atomic E-state index is 0.154. The van der Waals surface area contributed by atoms with Crippen LogP contribution < -0.4 is 20.3 Å². The summed E-state index contributed by atoms with van der Waals surface area (Å²) < 4.78 is 22.2. The van der Waals surface area contributed by atoms with E-state index < -0.39 is 11.7 Å². The van der Waals surface area contributed by atoms with E-state index in [2.05, 4.69) is 10.00 Å². The van der Waals surface area contributed by atoms with Crippen molar-refractivity contribution >= 4 is 28.9 Å². The van der Waals surface area contributed by atoms with Crippen LogP contribution in [0.4, 0.5) is 15.8 Å². The van der Waals surface area contributed by atoms with E-state index in [1.54, 1.807) is 16.8 Å². The average molecular weight is 516 g/mol. The Bertz CT molecular complexity index is 1470. The number of anilines is 2. The van der Waals surface area contributed by atoms with Crippen LogP contribution in [0, 0.1) is 5.82 Å². The predicted molar refractivity (Wildman–Crippen MR) is 143 cm³/mol. The van der Waals surface area contributed by atoms with Gasteiger partial charge in [-0.05, 0) is 81.5 Å². The third-order valence-corrected chi connectivity index (χ3v) is 7.20. The van der Waals surface area contributed by atoms with Gasteiger partial charge in [0.15, 0.2) is 17.3 Å². The number of amides is 2. The number of primary amides is 1. The molecule has 2 N–H and O–H groups in total. The molecule has 2 amide bonds. The summed E-state index contributed by atoms with van der Waals surface area (Å²) in [5.74, 6) is -0.783. The summed E-state index contributed by atoms with van der Waals surface area (Å²) in [5, 5.41) is 4.59. The molecular weight excluding hydrogens is 485 g/mol. The minimum atomic E-state index is -0.603. The summed E-state index contributed by atoms with van der Waals surface area (Å²) in [7, 11) is 0. The highest BCUT2D eigenvalue weighted by molar-refractivity contribution is 5.97. The molecule has 0 atom stereocenters. The van der Waals surface area contributed by atoms with E-state index in [1.165, 1.54) is 11.6 Å². The van der Waals surface area contributed by atoms with Crippen molar-refractivity contribution in [3.63, 3.8) is 0 Å². The van der Waals surface area contributed by atoms with E-state index in [1.807, 2.05) is 43.0 Å². The van der Waals surface area contributed by atoms with E-state index in [0.29, 0.717) is 25.1 Å². The number of carbonyl (C=O) groups excluding carboxylic acids is 2. The number of hydrogen-bond acceptors (Lipinski definition) is 5. The van der Waals surface area contributed by atoms with E-state index in [-0.39, 0.29) is 23.5 Å². The number of aromatic nitrogens is 2. The molecule has 6 rings (SSSR count). The molecule has 0 radical (unpaired) electrons. The zero-order valence-electron chi connectivity index (χ0n) is 21.5. The smallest absolute Gasteiger partial charge is 0.269 e. The fraction of sp³-hybridized carbons (Fsp3) is 0.345. The quantitative estimate of drug-likeness (QED) is 0.518. The fourth-order valence-corrected chi connectivity index (χ4v) is 5.40. The lowest BCUT2D eigenvalue weighted by atomic mass is 9.99. The van der Waals surface area contributed by atoms with Crippen LogP contribution in [-0.4, -0.2) is 40.8 Å². The lowest BCUT2D eigenvalue weighted by molar-refractivity contribution is -0.117. The third kappa shape index (κ3) is 4.21. The van der Waals surface area contributed by atoms with Gasteiger partial charge in [0.1, 0.15) is 0 Å². The Labute approximate surface area is 220 Å². The Balaban J connectivity index is 1.42. The highest BCUT2D eigenvalue weighted by Gasteiger charge is 2.36. The normalized spacial score (nSPS) is 16.9. The summed E-state index contributed by atoms with van der Waals surface area (Å²) >= 11 is 0. The van der Waals surface area contributed by atoms with Crippen LogP contribution in [0.2, 0.25) is 0 Å². The fourth-order valence-electron chi connectivity index (χ4n) is 5.40. The van der Waals surface area contributed by atoms with Crippen molar-refractivity contribution in [1.82, 2.24) is 9.78 Å². The molecular formula is C29H30FN5O3. The second-order valence-electron chi connectivity index (χ2n) is 10.3. The second kappa shape index (κ2) is 9.31. The maximum absolute atomic E-state index is 15.0. The molecule has 38 heavy (non-hydrogen) atoms. The van der Waals surface area contributed by atoms with Crippen molar-refractivity contribution in [2.45, 2.75) is 52.1 Å². The van der Waals surface area contributed by atoms with Crippen molar-refractivity contribution in [1.29, 1.82) is 0 Å². The highest BCUT2D eigenvalue weighted by atomic mass is 19.1. The van der Waals surface area contributed by atoms with E-state index in [4.69, 9.17) is 10.5 Å². The molecule has 2 aromatic carbocycles. The van der Waals surface area contributed by atoms with Gasteiger partial charge in [0.25, 0.3) is 5.91 Å². The van der Waals surface area contributed by atoms with E-state index >= 15 is 0 Å². The van der Waals surface area contributed by atoms with E-state index in [0.717, 1.165) is 54.1 Å². The first kappa shape index (κ1) is 24.2. The van der Waals surface area contributed by atoms with Crippen LogP contribution in [0.1, 0.15) is 61.3 Å². The first-order chi connectivity index (χ1) is 18.3. The van der Waals surface area contributed by atoms with Crippen LogP contribution in [0.3, 0.4) is 0 Å². The van der Waals surface area contributed by atoms with Crippen molar-refractivity contribution in [3.8, 4) is 11.4 Å². The van der Waals surface area contributed by atoms with Crippen molar-refractivity contribution in [2.24, 2.45) is 5.73 Å². The summed E-state index contributed by atoms with van der Waals surface area (Å²) in [5.41, 5.74) is 12.1. The van der Waals surface area contributed by atoms with Gasteiger partial charge >= 0.3 is 0 Å². The number of ether oxygens (including phenoxy) is 1. The Morgan fingerprint density at radius 2 is 1.66 bits per heavy atom. The highest BCUT2D eigenvalue weighted by Crippen LogP contribution is 2.45. The Morgan fingerprint density at radius 1 is 0.974 bits per heavy atom. The van der Waals surface area contributed by atoms with Crippen LogP contribution in [0.15, 0.2) is 48.0 Å². The van der Waals surface area contributed by atoms with Gasteiger partial charge in [0.2, 0.25) is 5.91 Å². The topological polar surface area (TPSA) is 93.7 Å². The summed E-state index contributed by atoms with van der Waals surface area (Å²) in [4.78, 5) is 28.6. The Morgan fingerprint density at radius 3 is 2.24 bits per heavy atom. The van der Waals surface area contributed by atoms with Crippen molar-refractivity contribution in [2.75, 3.05) is 22.9 Å². The predicted octanol–water partition coefficient (Wildman–Crippen LogP) is 4.59. The first-order valence-corrected chi connectivity index (χ1v) is 13.1. The first-order valence-electron chi connectivity index (χ1n) is 13.1. The number of hydrogen-bond donors (Lipinski definition) is 1. The van der Waals surface area contributed by atoms with Gasteiger partial charge in [-0.3, -0.25) is 9.59 Å². The molecule has 0 unspecified atom stereocenters. The standard InChI is InChI=1S/C29H30FN5O3/c1-17(2)38-24-12-11-21(16-23(24)30)35-28-22(26(32-35)29(31)37)13-15-34(27(28)18-5-6-18)20-9-7-19(8-10-20)33-14-3-4-25(33)36/h7-12,16-17H,3-6,13-15H2,1-2H3,(H2,31,37). The van der Waals surface area contributed by atoms with Crippen molar-refractivity contribution in [3.05, 3.63) is 70.8 Å². The van der Waals surface area contributed by atoms with Gasteiger partial charge in [-0.15, -0.1) is 0 Å². The number of rotatable bonds is 6. The van der Waals surface area contributed by atoms with Gasteiger partial charge < -0.3 is 20.3 Å². The van der Waals surface area contributed by atoms with Gasteiger partial charge in [-0.2, -0.15) is 5.10 Å². The summed E-state index contributed by atoms with van der Waals surface area (Å²) in [6.07, 6.45) is 3.75. The van der Waals surface area contributed by atoms with Crippen LogP contribution in [0.5, 0.6) is 5.75 Å². The monoisotopic (exact) mass is 515 g/mol. The zero-order valence-corrected chi connectivity index (χ0v) is 21.5. The molecule has 3 aromatic rings. The lowest BCUT2D eigenvalue weighted by Gasteiger charge is -2.33. The number of nitrogens with two attached hydrogens (primary N) is 1. The molecule has 9 heteroatoms. The Hall–Kier alpha value is -4.14. The molecule has 196 valence electrons. The Kier molecular flexibility index (Phi) is 5.93. The molecule has 3 heterocycles. The van der Waals surface area contributed by atoms with Gasteiger partial charge in [0.05, 0.1) is 23.2 Å². The molecule has 0 spiro atoms. The maximum Gasteiger partial charge on any atom is 0.269 e. The van der Waals surface area contributed by atoms with Gasteiger partial charge in [-0.25, -0.2) is 9.07 Å². The number of carbonyl (C=O) groups is 2. The second-order valence-corrected chi connectivity index (χ2v) is 10.3. The van der Waals surface area contributed by atoms with Crippen LogP contribution in [0.25, 0.3) is 11.4 Å².